The lowest BCUT2D eigenvalue weighted by atomic mass is 9.98. The van der Waals surface area contributed by atoms with E-state index < -0.39 is 5.97 Å². The van der Waals surface area contributed by atoms with Gasteiger partial charge in [0.2, 0.25) is 0 Å². The molecule has 0 bridgehead atoms. The van der Waals surface area contributed by atoms with Crippen LogP contribution in [0.5, 0.6) is 11.5 Å². The van der Waals surface area contributed by atoms with Crippen molar-refractivity contribution < 1.29 is 24.2 Å². The maximum absolute atomic E-state index is 13.7. The molecule has 39 heavy (non-hydrogen) atoms. The van der Waals surface area contributed by atoms with Gasteiger partial charge in [0.15, 0.2) is 0 Å². The van der Waals surface area contributed by atoms with Crippen LogP contribution in [-0.2, 0) is 13.0 Å². The molecule has 0 heterocycles. The van der Waals surface area contributed by atoms with Crippen LogP contribution >= 0.6 is 0 Å². The van der Waals surface area contributed by atoms with Gasteiger partial charge in [-0.15, -0.1) is 0 Å². The Morgan fingerprint density at radius 1 is 0.821 bits per heavy atom. The Morgan fingerprint density at radius 2 is 1.51 bits per heavy atom. The second-order valence-electron chi connectivity index (χ2n) is 9.41. The third-order valence-corrected chi connectivity index (χ3v) is 6.79. The normalized spacial score (nSPS) is 10.6. The molecule has 0 atom stereocenters. The summed E-state index contributed by atoms with van der Waals surface area (Å²) in [4.78, 5) is 27.2. The Bertz CT molecular complexity index is 1430. The molecule has 1 N–H and O–H groups in total. The molecule has 0 fully saturated rings. The Labute approximate surface area is 229 Å². The predicted octanol–water partition coefficient (Wildman–Crippen LogP) is 6.65. The molecule has 0 aromatic heterocycles. The minimum atomic E-state index is -0.961. The average molecular weight is 524 g/mol. The van der Waals surface area contributed by atoms with E-state index in [4.69, 9.17) is 9.47 Å². The number of carbonyl (C=O) groups excluding carboxylic acids is 1. The van der Waals surface area contributed by atoms with Gasteiger partial charge >= 0.3 is 5.97 Å². The molecule has 1 amide bonds. The summed E-state index contributed by atoms with van der Waals surface area (Å²) in [6.07, 6.45) is 1.63. The molecule has 0 saturated heterocycles. The largest absolute Gasteiger partial charge is 0.497 e. The van der Waals surface area contributed by atoms with E-state index in [1.165, 1.54) is 5.56 Å². The van der Waals surface area contributed by atoms with Gasteiger partial charge in [-0.3, -0.25) is 4.79 Å². The van der Waals surface area contributed by atoms with E-state index in [9.17, 15) is 14.7 Å². The number of hydrogen-bond acceptors (Lipinski definition) is 4. The van der Waals surface area contributed by atoms with Crippen LogP contribution in [0.3, 0.4) is 0 Å². The molecule has 0 unspecified atom stereocenters. The number of methoxy groups -OCH3 is 2. The lowest BCUT2D eigenvalue weighted by molar-refractivity contribution is 0.0696. The van der Waals surface area contributed by atoms with Crippen molar-refractivity contribution >= 4 is 11.9 Å². The molecule has 6 heteroatoms. The van der Waals surface area contributed by atoms with E-state index in [1.54, 1.807) is 38.5 Å². The van der Waals surface area contributed by atoms with Crippen molar-refractivity contribution in [3.8, 4) is 22.6 Å². The van der Waals surface area contributed by atoms with E-state index in [0.717, 1.165) is 35.3 Å². The van der Waals surface area contributed by atoms with E-state index in [1.807, 2.05) is 78.6 Å². The molecule has 4 rings (SSSR count). The minimum absolute atomic E-state index is 0.0664. The van der Waals surface area contributed by atoms with Gasteiger partial charge in [-0.05, 0) is 77.9 Å². The molecule has 0 aliphatic carbocycles. The molecular weight excluding hydrogens is 490 g/mol. The Balaban J connectivity index is 1.54. The van der Waals surface area contributed by atoms with Crippen molar-refractivity contribution in [1.29, 1.82) is 0 Å². The minimum Gasteiger partial charge on any atom is -0.497 e. The molecule has 0 radical (unpaired) electrons. The van der Waals surface area contributed by atoms with Crippen LogP contribution in [0.1, 0.15) is 43.8 Å². The van der Waals surface area contributed by atoms with Crippen molar-refractivity contribution in [3.05, 3.63) is 119 Å². The maximum atomic E-state index is 13.7. The van der Waals surface area contributed by atoms with Crippen LogP contribution in [0.15, 0.2) is 91.0 Å². The lowest BCUT2D eigenvalue weighted by Gasteiger charge is -2.24. The van der Waals surface area contributed by atoms with Crippen molar-refractivity contribution in [2.24, 2.45) is 0 Å². The van der Waals surface area contributed by atoms with E-state index in [-0.39, 0.29) is 11.5 Å². The molecule has 6 nitrogen and oxygen atoms in total. The van der Waals surface area contributed by atoms with Crippen LogP contribution < -0.4 is 9.47 Å². The summed E-state index contributed by atoms with van der Waals surface area (Å²) in [5.41, 5.74) is 5.43. The van der Waals surface area contributed by atoms with Gasteiger partial charge in [0.1, 0.15) is 11.5 Å². The number of carbonyl (C=O) groups is 2. The van der Waals surface area contributed by atoms with E-state index in [0.29, 0.717) is 30.0 Å². The van der Waals surface area contributed by atoms with Gasteiger partial charge in [0.05, 0.1) is 19.8 Å². The van der Waals surface area contributed by atoms with Gasteiger partial charge in [-0.25, -0.2) is 4.79 Å². The maximum Gasteiger partial charge on any atom is 0.336 e. The molecule has 0 aliphatic rings. The highest BCUT2D eigenvalue weighted by molar-refractivity contribution is 5.96. The first-order chi connectivity index (χ1) is 18.9. The first-order valence-electron chi connectivity index (χ1n) is 12.9. The number of ether oxygens (including phenoxy) is 2. The van der Waals surface area contributed by atoms with Gasteiger partial charge in [0.25, 0.3) is 5.91 Å². The summed E-state index contributed by atoms with van der Waals surface area (Å²) in [5, 5.41) is 9.56. The first-order valence-corrected chi connectivity index (χ1v) is 12.9. The Kier molecular flexibility index (Phi) is 9.00. The standard InChI is InChI=1S/C33H33NO5/c1-23-10-15-27(21-31(23)39-3)32(35)34(20-6-7-24-13-18-28(38-2)19-14-24)22-25-11-16-26(17-12-25)29-8-4-5-9-30(29)33(36)37/h4-5,8-19,21H,6-7,20,22H2,1-3H3,(H,36,37). The van der Waals surface area contributed by atoms with Gasteiger partial charge in [0, 0.05) is 18.7 Å². The number of hydrogen-bond donors (Lipinski definition) is 1. The fraction of sp³-hybridized carbons (Fsp3) is 0.212. The van der Waals surface area contributed by atoms with Gasteiger partial charge < -0.3 is 19.5 Å². The third-order valence-electron chi connectivity index (χ3n) is 6.79. The zero-order valence-electron chi connectivity index (χ0n) is 22.5. The van der Waals surface area contributed by atoms with Crippen molar-refractivity contribution in [2.75, 3.05) is 20.8 Å². The zero-order valence-corrected chi connectivity index (χ0v) is 22.5. The number of aromatic carboxylic acids is 1. The van der Waals surface area contributed by atoms with Crippen molar-refractivity contribution in [1.82, 2.24) is 4.90 Å². The van der Waals surface area contributed by atoms with Crippen LogP contribution in [0.25, 0.3) is 11.1 Å². The summed E-state index contributed by atoms with van der Waals surface area (Å²) in [5.74, 6) is 0.471. The molecular formula is C33H33NO5. The monoisotopic (exact) mass is 523 g/mol. The Morgan fingerprint density at radius 3 is 2.18 bits per heavy atom. The number of amides is 1. The Hall–Kier alpha value is -4.58. The fourth-order valence-electron chi connectivity index (χ4n) is 4.59. The SMILES string of the molecule is COc1ccc(CCCN(Cc2ccc(-c3ccccc3C(=O)O)cc2)C(=O)c2ccc(C)c(OC)c2)cc1. The van der Waals surface area contributed by atoms with Gasteiger partial charge in [-0.1, -0.05) is 60.7 Å². The summed E-state index contributed by atoms with van der Waals surface area (Å²) < 4.78 is 10.7. The molecule has 0 spiro atoms. The topological polar surface area (TPSA) is 76.1 Å². The second-order valence-corrected chi connectivity index (χ2v) is 9.41. The number of benzene rings is 4. The molecule has 4 aromatic rings. The average Bonchev–Trinajstić information content (AvgIpc) is 2.97. The number of nitrogens with zero attached hydrogens (tertiary/aromatic N) is 1. The van der Waals surface area contributed by atoms with Crippen molar-refractivity contribution in [3.63, 3.8) is 0 Å². The fourth-order valence-corrected chi connectivity index (χ4v) is 4.59. The number of carboxylic acids is 1. The first kappa shape index (κ1) is 27.5. The van der Waals surface area contributed by atoms with E-state index >= 15 is 0 Å². The van der Waals surface area contributed by atoms with E-state index in [2.05, 4.69) is 0 Å². The smallest absolute Gasteiger partial charge is 0.336 e. The molecule has 4 aromatic carbocycles. The summed E-state index contributed by atoms with van der Waals surface area (Å²) >= 11 is 0. The lowest BCUT2D eigenvalue weighted by Crippen LogP contribution is -2.32. The van der Waals surface area contributed by atoms with Crippen LogP contribution in [0, 0.1) is 6.92 Å². The van der Waals surface area contributed by atoms with Gasteiger partial charge in [-0.2, -0.15) is 0 Å². The highest BCUT2D eigenvalue weighted by Crippen LogP contribution is 2.25. The number of aryl methyl sites for hydroxylation is 2. The highest BCUT2D eigenvalue weighted by atomic mass is 16.5. The third kappa shape index (κ3) is 6.85. The predicted molar refractivity (Wildman–Crippen MR) is 153 cm³/mol. The van der Waals surface area contributed by atoms with Crippen LogP contribution in [-0.4, -0.2) is 42.6 Å². The number of rotatable bonds is 11. The second kappa shape index (κ2) is 12.8. The molecule has 0 aliphatic heterocycles. The summed E-state index contributed by atoms with van der Waals surface area (Å²) in [6.45, 7) is 2.95. The summed E-state index contributed by atoms with van der Waals surface area (Å²) in [7, 11) is 3.25. The molecule has 0 saturated carbocycles. The van der Waals surface area contributed by atoms with Crippen LogP contribution in [0.2, 0.25) is 0 Å². The molecule has 200 valence electrons. The van der Waals surface area contributed by atoms with Crippen LogP contribution in [0.4, 0.5) is 0 Å². The quantitative estimate of drug-likeness (QED) is 0.238. The summed E-state index contributed by atoms with van der Waals surface area (Å²) in [6, 6.07) is 28.2. The zero-order chi connectivity index (χ0) is 27.8. The van der Waals surface area contributed by atoms with Crippen molar-refractivity contribution in [2.45, 2.75) is 26.3 Å². The highest BCUT2D eigenvalue weighted by Gasteiger charge is 2.18. The number of carboxylic acid groups (broad SMARTS) is 1.